The minimum absolute atomic E-state index is 0.0262. The molecule has 2 rings (SSSR count). The predicted molar refractivity (Wildman–Crippen MR) is 85.4 cm³/mol. The van der Waals surface area contributed by atoms with Crippen LogP contribution in [0.15, 0.2) is 30.3 Å². The van der Waals surface area contributed by atoms with E-state index in [2.05, 4.69) is 10.3 Å². The van der Waals surface area contributed by atoms with Crippen LogP contribution in [-0.2, 0) is 0 Å². The van der Waals surface area contributed by atoms with E-state index in [1.165, 1.54) is 0 Å². The van der Waals surface area contributed by atoms with E-state index in [-0.39, 0.29) is 6.10 Å². The van der Waals surface area contributed by atoms with E-state index in [1.54, 1.807) is 13.2 Å². The van der Waals surface area contributed by atoms with Crippen molar-refractivity contribution in [1.82, 2.24) is 4.98 Å². The molecule has 0 spiro atoms. The maximum Gasteiger partial charge on any atom is 0.239 e. The molecule has 0 unspecified atom stereocenters. The lowest BCUT2D eigenvalue weighted by molar-refractivity contribution is 0.234. The average Bonchev–Trinajstić information content (AvgIpc) is 2.42. The Kier molecular flexibility index (Phi) is 4.52. The third-order valence-corrected chi connectivity index (χ3v) is 2.90. The summed E-state index contributed by atoms with van der Waals surface area (Å²) < 4.78 is 10.8. The van der Waals surface area contributed by atoms with Gasteiger partial charge in [-0.1, -0.05) is 0 Å². The third-order valence-electron chi connectivity index (χ3n) is 2.90. The summed E-state index contributed by atoms with van der Waals surface area (Å²) in [6.07, 6.45) is 0.0262. The molecule has 0 aliphatic carbocycles. The van der Waals surface area contributed by atoms with Crippen LogP contribution >= 0.6 is 0 Å². The summed E-state index contributed by atoms with van der Waals surface area (Å²) in [5.74, 6) is 1.99. The second-order valence-corrected chi connectivity index (χ2v) is 5.07. The molecule has 0 bridgehead atoms. The average molecular weight is 287 g/mol. The van der Waals surface area contributed by atoms with Crippen LogP contribution in [0.1, 0.15) is 19.4 Å². The number of aromatic nitrogens is 1. The van der Waals surface area contributed by atoms with E-state index in [0.717, 1.165) is 17.0 Å². The monoisotopic (exact) mass is 287 g/mol. The largest absolute Gasteiger partial charge is 0.496 e. The summed E-state index contributed by atoms with van der Waals surface area (Å²) in [5, 5.41) is 3.23. The first-order valence-corrected chi connectivity index (χ1v) is 6.84. The number of methoxy groups -OCH3 is 1. The molecule has 0 aliphatic heterocycles. The van der Waals surface area contributed by atoms with Gasteiger partial charge in [0.15, 0.2) is 0 Å². The lowest BCUT2D eigenvalue weighted by Crippen LogP contribution is -2.09. The van der Waals surface area contributed by atoms with Gasteiger partial charge in [-0.25, -0.2) is 0 Å². The maximum atomic E-state index is 5.86. The number of pyridine rings is 1. The van der Waals surface area contributed by atoms with Crippen LogP contribution in [0.4, 0.5) is 17.2 Å². The second-order valence-electron chi connectivity index (χ2n) is 5.07. The van der Waals surface area contributed by atoms with Crippen molar-refractivity contribution in [2.45, 2.75) is 26.9 Å². The second kappa shape index (κ2) is 6.35. The Morgan fingerprint density at radius 3 is 2.57 bits per heavy atom. The molecule has 1 heterocycles. The fourth-order valence-electron chi connectivity index (χ4n) is 1.94. The van der Waals surface area contributed by atoms with E-state index in [4.69, 9.17) is 15.2 Å². The van der Waals surface area contributed by atoms with Crippen molar-refractivity contribution in [2.75, 3.05) is 18.2 Å². The van der Waals surface area contributed by atoms with Gasteiger partial charge in [0, 0.05) is 5.69 Å². The van der Waals surface area contributed by atoms with Gasteiger partial charge in [-0.2, -0.15) is 4.98 Å². The molecule has 5 nitrogen and oxygen atoms in total. The summed E-state index contributed by atoms with van der Waals surface area (Å²) >= 11 is 0. The minimum Gasteiger partial charge on any atom is -0.496 e. The highest BCUT2D eigenvalue weighted by Gasteiger charge is 2.07. The topological polar surface area (TPSA) is 69.4 Å². The zero-order valence-electron chi connectivity index (χ0n) is 12.8. The fourth-order valence-corrected chi connectivity index (χ4v) is 1.94. The number of hydrogen-bond donors (Lipinski definition) is 2. The number of ether oxygens (including phenoxy) is 2. The highest BCUT2D eigenvalue weighted by molar-refractivity contribution is 5.62. The summed E-state index contributed by atoms with van der Waals surface area (Å²) in [6, 6.07) is 9.46. The van der Waals surface area contributed by atoms with E-state index in [1.807, 2.05) is 45.0 Å². The van der Waals surface area contributed by atoms with E-state index >= 15 is 0 Å². The van der Waals surface area contributed by atoms with Gasteiger partial charge in [0.25, 0.3) is 0 Å². The Hall–Kier alpha value is -2.43. The Morgan fingerprint density at radius 1 is 1.19 bits per heavy atom. The molecule has 21 heavy (non-hydrogen) atoms. The van der Waals surface area contributed by atoms with Crippen molar-refractivity contribution in [1.29, 1.82) is 0 Å². The lowest BCUT2D eigenvalue weighted by Gasteiger charge is -2.13. The first-order chi connectivity index (χ1) is 9.99. The fraction of sp³-hybridized carbons (Fsp3) is 0.312. The van der Waals surface area contributed by atoms with Crippen molar-refractivity contribution < 1.29 is 9.47 Å². The van der Waals surface area contributed by atoms with Crippen LogP contribution in [0.3, 0.4) is 0 Å². The minimum atomic E-state index is 0.0262. The number of hydrogen-bond acceptors (Lipinski definition) is 5. The summed E-state index contributed by atoms with van der Waals surface area (Å²) in [7, 11) is 1.66. The molecule has 0 saturated carbocycles. The number of benzene rings is 1. The molecule has 3 N–H and O–H groups in total. The van der Waals surface area contributed by atoms with Crippen LogP contribution < -0.4 is 20.5 Å². The molecule has 112 valence electrons. The third kappa shape index (κ3) is 3.78. The van der Waals surface area contributed by atoms with Crippen LogP contribution in [-0.4, -0.2) is 18.2 Å². The molecule has 2 aromatic rings. The van der Waals surface area contributed by atoms with Gasteiger partial charge in [0.2, 0.25) is 5.88 Å². The van der Waals surface area contributed by atoms with E-state index < -0.39 is 0 Å². The molecular formula is C16H21N3O2. The standard InChI is InChI=1S/C16H21N3O2/c1-10(2)21-16-13(17)6-8-15(19-16)18-12-5-7-14(20-4)11(3)9-12/h5-10H,17H2,1-4H3,(H,18,19). The van der Waals surface area contributed by atoms with Gasteiger partial charge < -0.3 is 20.5 Å². The Morgan fingerprint density at radius 2 is 1.95 bits per heavy atom. The van der Waals surface area contributed by atoms with Gasteiger partial charge in [0.05, 0.1) is 18.9 Å². The molecule has 1 aromatic heterocycles. The normalized spacial score (nSPS) is 10.5. The van der Waals surface area contributed by atoms with Crippen LogP contribution in [0.2, 0.25) is 0 Å². The Labute approximate surface area is 125 Å². The quantitative estimate of drug-likeness (QED) is 0.880. The van der Waals surface area contributed by atoms with Crippen LogP contribution in [0.25, 0.3) is 0 Å². The number of rotatable bonds is 5. The molecule has 0 atom stereocenters. The Bertz CT molecular complexity index is 627. The molecule has 1 aromatic carbocycles. The predicted octanol–water partition coefficient (Wildman–Crippen LogP) is 3.51. The number of nitrogens with two attached hydrogens (primary N) is 1. The molecule has 0 radical (unpaired) electrons. The molecule has 0 aliphatic rings. The molecule has 0 amide bonds. The van der Waals surface area contributed by atoms with Crippen LogP contribution in [0.5, 0.6) is 11.6 Å². The van der Waals surface area contributed by atoms with Gasteiger partial charge in [-0.3, -0.25) is 0 Å². The number of aryl methyl sites for hydroxylation is 1. The Balaban J connectivity index is 2.21. The van der Waals surface area contributed by atoms with Crippen molar-refractivity contribution in [3.05, 3.63) is 35.9 Å². The zero-order chi connectivity index (χ0) is 15.4. The van der Waals surface area contributed by atoms with E-state index in [9.17, 15) is 0 Å². The summed E-state index contributed by atoms with van der Waals surface area (Å²) in [6.45, 7) is 5.87. The highest BCUT2D eigenvalue weighted by Crippen LogP contribution is 2.26. The smallest absolute Gasteiger partial charge is 0.239 e. The van der Waals surface area contributed by atoms with E-state index in [0.29, 0.717) is 17.4 Å². The van der Waals surface area contributed by atoms with Crippen molar-refractivity contribution >= 4 is 17.2 Å². The molecule has 5 heteroatoms. The molecule has 0 fully saturated rings. The van der Waals surface area contributed by atoms with Gasteiger partial charge >= 0.3 is 0 Å². The number of anilines is 3. The van der Waals surface area contributed by atoms with Crippen molar-refractivity contribution in [3.63, 3.8) is 0 Å². The zero-order valence-corrected chi connectivity index (χ0v) is 12.8. The lowest BCUT2D eigenvalue weighted by atomic mass is 10.2. The van der Waals surface area contributed by atoms with Gasteiger partial charge in [-0.05, 0) is 56.7 Å². The first kappa shape index (κ1) is 15.0. The van der Waals surface area contributed by atoms with Crippen molar-refractivity contribution in [3.8, 4) is 11.6 Å². The number of nitrogens with one attached hydrogen (secondary N) is 1. The first-order valence-electron chi connectivity index (χ1n) is 6.84. The summed E-state index contributed by atoms with van der Waals surface area (Å²) in [5.41, 5.74) is 8.37. The maximum absolute atomic E-state index is 5.86. The highest BCUT2D eigenvalue weighted by atomic mass is 16.5. The van der Waals surface area contributed by atoms with Gasteiger partial charge in [-0.15, -0.1) is 0 Å². The number of nitrogens with zero attached hydrogens (tertiary/aromatic N) is 1. The van der Waals surface area contributed by atoms with Crippen LogP contribution in [0, 0.1) is 6.92 Å². The van der Waals surface area contributed by atoms with Gasteiger partial charge in [0.1, 0.15) is 11.6 Å². The molecular weight excluding hydrogens is 266 g/mol. The molecule has 0 saturated heterocycles. The van der Waals surface area contributed by atoms with Crippen molar-refractivity contribution in [2.24, 2.45) is 0 Å². The SMILES string of the molecule is COc1ccc(Nc2ccc(N)c(OC(C)C)n2)cc1C. The summed E-state index contributed by atoms with van der Waals surface area (Å²) in [4.78, 5) is 4.39. The number of nitrogen functional groups attached to an aromatic ring is 1.